The molecule has 2 aliphatic rings. The summed E-state index contributed by atoms with van der Waals surface area (Å²) in [6.45, 7) is 2.57. The lowest BCUT2D eigenvalue weighted by atomic mass is 9.97. The Bertz CT molecular complexity index is 1500. The Morgan fingerprint density at radius 2 is 2.00 bits per heavy atom. The first-order valence-corrected chi connectivity index (χ1v) is 12.7. The molecule has 2 aliphatic heterocycles. The number of amides is 1. The van der Waals surface area contributed by atoms with Gasteiger partial charge in [0.05, 0.1) is 6.20 Å². The van der Waals surface area contributed by atoms with Crippen LogP contribution in [-0.4, -0.2) is 70.1 Å². The van der Waals surface area contributed by atoms with Crippen LogP contribution >= 0.6 is 0 Å². The maximum atomic E-state index is 12.1. The summed E-state index contributed by atoms with van der Waals surface area (Å²) in [5, 5.41) is 20.6. The Balaban J connectivity index is 1.36. The van der Waals surface area contributed by atoms with Gasteiger partial charge in [0.25, 0.3) is 0 Å². The molecule has 0 radical (unpaired) electrons. The number of carbonyl (C=O) groups excluding carboxylic acids is 1. The molecule has 0 spiro atoms. The Labute approximate surface area is 219 Å². The molecular weight excluding hydrogens is 482 g/mol. The number of benzene rings is 2. The fourth-order valence-electron chi connectivity index (χ4n) is 4.91. The number of ether oxygens (including phenoxy) is 1. The molecule has 194 valence electrons. The Hall–Kier alpha value is -4.51. The highest BCUT2D eigenvalue weighted by Gasteiger charge is 2.20. The van der Waals surface area contributed by atoms with Gasteiger partial charge in [0.1, 0.15) is 17.4 Å². The molecule has 4 heterocycles. The summed E-state index contributed by atoms with van der Waals surface area (Å²) in [6.07, 6.45) is 9.24. The average Bonchev–Trinajstić information content (AvgIpc) is 3.62. The highest BCUT2D eigenvalue weighted by atomic mass is 16.5. The molecule has 6 rings (SSSR count). The van der Waals surface area contributed by atoms with Gasteiger partial charge in [-0.3, -0.25) is 14.9 Å². The minimum Gasteiger partial charge on any atom is -0.488 e. The molecule has 0 bridgehead atoms. The van der Waals surface area contributed by atoms with Gasteiger partial charge in [-0.1, -0.05) is 0 Å². The predicted octanol–water partition coefficient (Wildman–Crippen LogP) is 3.01. The molecule has 1 amide bonds. The molecule has 0 aliphatic carbocycles. The van der Waals surface area contributed by atoms with Crippen LogP contribution in [-0.2, 0) is 0 Å². The SMILES string of the molecule is CN1CC(c2cc(Nc3ncc4cc(-c5cn[nH]c5)cc(OC5CCNCC5)c4n3)cc(C(N)=O)c2)C=N1. The first kappa shape index (κ1) is 23.9. The summed E-state index contributed by atoms with van der Waals surface area (Å²) in [4.78, 5) is 21.5. The van der Waals surface area contributed by atoms with Gasteiger partial charge >= 0.3 is 0 Å². The van der Waals surface area contributed by atoms with Crippen molar-refractivity contribution in [3.8, 4) is 16.9 Å². The van der Waals surface area contributed by atoms with Crippen LogP contribution in [0.4, 0.5) is 11.6 Å². The fraction of sp³-hybridized carbons (Fsp3) is 0.296. The Morgan fingerprint density at radius 3 is 2.74 bits per heavy atom. The van der Waals surface area contributed by atoms with Gasteiger partial charge < -0.3 is 21.1 Å². The van der Waals surface area contributed by atoms with E-state index in [-0.39, 0.29) is 12.0 Å². The smallest absolute Gasteiger partial charge is 0.248 e. The first-order valence-electron chi connectivity index (χ1n) is 12.7. The van der Waals surface area contributed by atoms with Crippen molar-refractivity contribution < 1.29 is 9.53 Å². The van der Waals surface area contributed by atoms with E-state index in [1.807, 2.05) is 48.7 Å². The Kier molecular flexibility index (Phi) is 6.34. The lowest BCUT2D eigenvalue weighted by molar-refractivity contribution is 0.1000. The number of hydrogen-bond acceptors (Lipinski definition) is 9. The third-order valence-electron chi connectivity index (χ3n) is 6.89. The molecule has 5 N–H and O–H groups in total. The van der Waals surface area contributed by atoms with E-state index < -0.39 is 5.91 Å². The fourth-order valence-corrected chi connectivity index (χ4v) is 4.91. The largest absolute Gasteiger partial charge is 0.488 e. The molecule has 11 heteroatoms. The summed E-state index contributed by atoms with van der Waals surface area (Å²) in [5.74, 6) is 0.659. The van der Waals surface area contributed by atoms with Gasteiger partial charge in [0.2, 0.25) is 11.9 Å². The number of piperidine rings is 1. The van der Waals surface area contributed by atoms with Crippen molar-refractivity contribution in [3.63, 3.8) is 0 Å². The number of rotatable bonds is 7. The summed E-state index contributed by atoms with van der Waals surface area (Å²) >= 11 is 0. The molecule has 2 aromatic heterocycles. The second kappa shape index (κ2) is 10.1. The molecule has 1 atom stereocenters. The lowest BCUT2D eigenvalue weighted by Gasteiger charge is -2.24. The summed E-state index contributed by atoms with van der Waals surface area (Å²) in [5.41, 5.74) is 10.3. The molecule has 4 aromatic rings. The maximum absolute atomic E-state index is 12.1. The minimum atomic E-state index is -0.498. The van der Waals surface area contributed by atoms with Crippen molar-refractivity contribution in [3.05, 3.63) is 60.0 Å². The number of nitrogens with two attached hydrogens (primary N) is 1. The van der Waals surface area contributed by atoms with Crippen LogP contribution < -0.4 is 21.1 Å². The zero-order valence-electron chi connectivity index (χ0n) is 21.0. The van der Waals surface area contributed by atoms with Crippen LogP contribution in [0.25, 0.3) is 22.0 Å². The number of likely N-dealkylation sites (N-methyl/N-ethyl adjacent to an activating group) is 1. The molecule has 1 fully saturated rings. The van der Waals surface area contributed by atoms with E-state index in [4.69, 9.17) is 15.5 Å². The van der Waals surface area contributed by atoms with Crippen molar-refractivity contribution in [2.45, 2.75) is 24.9 Å². The normalized spacial score (nSPS) is 17.7. The molecule has 11 nitrogen and oxygen atoms in total. The van der Waals surface area contributed by atoms with Gasteiger partial charge in [0.15, 0.2) is 0 Å². The highest BCUT2D eigenvalue weighted by molar-refractivity contribution is 5.95. The highest BCUT2D eigenvalue weighted by Crippen LogP contribution is 2.34. The van der Waals surface area contributed by atoms with E-state index in [1.54, 1.807) is 18.5 Å². The third kappa shape index (κ3) is 5.00. The van der Waals surface area contributed by atoms with Crippen molar-refractivity contribution in [1.29, 1.82) is 0 Å². The van der Waals surface area contributed by atoms with Crippen LogP contribution in [0.3, 0.4) is 0 Å². The van der Waals surface area contributed by atoms with Gasteiger partial charge in [-0.2, -0.15) is 10.2 Å². The number of aromatic nitrogens is 4. The first-order chi connectivity index (χ1) is 18.5. The van der Waals surface area contributed by atoms with Gasteiger partial charge in [-0.25, -0.2) is 9.97 Å². The van der Waals surface area contributed by atoms with E-state index in [0.717, 1.165) is 54.6 Å². The van der Waals surface area contributed by atoms with Gasteiger partial charge in [0, 0.05) is 60.3 Å². The number of anilines is 2. The van der Waals surface area contributed by atoms with E-state index >= 15 is 0 Å². The summed E-state index contributed by atoms with van der Waals surface area (Å²) in [6, 6.07) is 9.54. The topological polar surface area (TPSA) is 146 Å². The van der Waals surface area contributed by atoms with Crippen molar-refractivity contribution in [2.75, 3.05) is 32.0 Å². The average molecular weight is 512 g/mol. The van der Waals surface area contributed by atoms with E-state index in [9.17, 15) is 4.79 Å². The van der Waals surface area contributed by atoms with Crippen molar-refractivity contribution >= 4 is 34.7 Å². The van der Waals surface area contributed by atoms with Crippen molar-refractivity contribution in [1.82, 2.24) is 30.5 Å². The number of nitrogens with zero attached hydrogens (tertiary/aromatic N) is 5. The molecule has 2 aromatic carbocycles. The van der Waals surface area contributed by atoms with Crippen molar-refractivity contribution in [2.24, 2.45) is 10.8 Å². The lowest BCUT2D eigenvalue weighted by Crippen LogP contribution is -2.34. The van der Waals surface area contributed by atoms with Gasteiger partial charge in [-0.05, 0) is 67.4 Å². The zero-order valence-corrected chi connectivity index (χ0v) is 21.0. The number of primary amides is 1. The number of carbonyl (C=O) groups is 1. The molecule has 0 saturated carbocycles. The Morgan fingerprint density at radius 1 is 1.13 bits per heavy atom. The summed E-state index contributed by atoms with van der Waals surface area (Å²) < 4.78 is 6.49. The second-order valence-corrected chi connectivity index (χ2v) is 9.70. The number of aromatic amines is 1. The summed E-state index contributed by atoms with van der Waals surface area (Å²) in [7, 11) is 1.91. The quantitative estimate of drug-likeness (QED) is 0.296. The van der Waals surface area contributed by atoms with Gasteiger partial charge in [-0.15, -0.1) is 0 Å². The zero-order chi connectivity index (χ0) is 26.1. The second-order valence-electron chi connectivity index (χ2n) is 9.70. The number of nitrogens with one attached hydrogen (secondary N) is 3. The van der Waals surface area contributed by atoms with Crippen LogP contribution in [0.5, 0.6) is 5.75 Å². The van der Waals surface area contributed by atoms with Crippen LogP contribution in [0.2, 0.25) is 0 Å². The number of fused-ring (bicyclic) bond motifs is 1. The minimum absolute atomic E-state index is 0.0590. The van der Waals surface area contributed by atoms with Crippen LogP contribution in [0.1, 0.15) is 34.7 Å². The molecule has 1 saturated heterocycles. The number of hydrogen-bond donors (Lipinski definition) is 4. The molecule has 38 heavy (non-hydrogen) atoms. The van der Waals surface area contributed by atoms with Crippen LogP contribution in [0.15, 0.2) is 54.0 Å². The molecular formula is C27H29N9O2. The standard InChI is InChI=1S/C27H29N9O2/c1-36-15-21(14-33-36)16-6-18(26(28)37)9-22(8-16)34-27-30-11-19-7-17(20-12-31-32-13-20)10-24(25(19)35-27)38-23-2-4-29-5-3-23/h6-14,21,23,29H,2-5,15H2,1H3,(H2,28,37)(H,31,32)(H,30,34,35). The third-order valence-corrected chi connectivity index (χ3v) is 6.89. The van der Waals surface area contributed by atoms with E-state index in [0.29, 0.717) is 28.5 Å². The monoisotopic (exact) mass is 511 g/mol. The maximum Gasteiger partial charge on any atom is 0.248 e. The number of hydrazone groups is 1. The molecule has 1 unspecified atom stereocenters. The predicted molar refractivity (Wildman–Crippen MR) is 146 cm³/mol. The number of H-pyrrole nitrogens is 1. The van der Waals surface area contributed by atoms with E-state index in [2.05, 4.69) is 30.9 Å². The van der Waals surface area contributed by atoms with Crippen LogP contribution in [0, 0.1) is 0 Å². The van der Waals surface area contributed by atoms with E-state index in [1.165, 1.54) is 0 Å².